The average molecular weight is 468 g/mol. The van der Waals surface area contributed by atoms with Crippen LogP contribution in [-0.2, 0) is 10.2 Å². The Hall–Kier alpha value is -2.67. The van der Waals surface area contributed by atoms with Crippen LogP contribution in [0.4, 0.5) is 10.1 Å². The number of nitrogens with one attached hydrogen (secondary N) is 1. The van der Waals surface area contributed by atoms with Crippen LogP contribution in [0.1, 0.15) is 37.7 Å². The van der Waals surface area contributed by atoms with Gasteiger partial charge in [0.05, 0.1) is 18.2 Å². The second-order valence-electron chi connectivity index (χ2n) is 9.68. The summed E-state index contributed by atoms with van der Waals surface area (Å²) >= 11 is 5.55. The zero-order valence-electron chi connectivity index (χ0n) is 19.0. The highest BCUT2D eigenvalue weighted by Crippen LogP contribution is 2.51. The number of hydrogen-bond donors (Lipinski definition) is 1. The predicted octanol–water partition coefficient (Wildman–Crippen LogP) is 4.58. The summed E-state index contributed by atoms with van der Waals surface area (Å²) in [6, 6.07) is 14.6. The molecule has 5 rings (SSSR count). The van der Waals surface area contributed by atoms with Gasteiger partial charge in [-0.2, -0.15) is 0 Å². The largest absolute Gasteiger partial charge is 0.497 e. The van der Waals surface area contributed by atoms with Crippen molar-refractivity contribution in [3.8, 4) is 5.75 Å². The molecule has 2 saturated heterocycles. The van der Waals surface area contributed by atoms with Gasteiger partial charge < -0.3 is 19.9 Å². The molecule has 3 aliphatic rings. The molecule has 0 aromatic heterocycles. The fourth-order valence-corrected chi connectivity index (χ4v) is 5.71. The summed E-state index contributed by atoms with van der Waals surface area (Å²) < 4.78 is 19.2. The predicted molar refractivity (Wildman–Crippen MR) is 131 cm³/mol. The zero-order chi connectivity index (χ0) is 23.1. The lowest BCUT2D eigenvalue weighted by Crippen LogP contribution is -2.46. The summed E-state index contributed by atoms with van der Waals surface area (Å²) in [4.78, 5) is 17.8. The number of amides is 1. The third-order valence-corrected chi connectivity index (χ3v) is 8.11. The summed E-state index contributed by atoms with van der Waals surface area (Å²) in [5.74, 6) is 0.796. The van der Waals surface area contributed by atoms with Crippen molar-refractivity contribution >= 4 is 28.9 Å². The monoisotopic (exact) mass is 467 g/mol. The Morgan fingerprint density at radius 1 is 0.970 bits per heavy atom. The van der Waals surface area contributed by atoms with Crippen LogP contribution in [-0.4, -0.2) is 54.1 Å². The average Bonchev–Trinajstić information content (AvgIpc) is 3.56. The molecule has 1 saturated carbocycles. The van der Waals surface area contributed by atoms with Gasteiger partial charge in [-0.15, -0.1) is 0 Å². The highest BCUT2D eigenvalue weighted by molar-refractivity contribution is 7.80. The number of rotatable bonds is 4. The van der Waals surface area contributed by atoms with E-state index in [9.17, 15) is 9.18 Å². The van der Waals surface area contributed by atoms with Crippen LogP contribution in [0.25, 0.3) is 0 Å². The van der Waals surface area contributed by atoms with Crippen molar-refractivity contribution in [1.29, 1.82) is 0 Å². The van der Waals surface area contributed by atoms with Crippen molar-refractivity contribution in [3.05, 3.63) is 59.9 Å². The first kappa shape index (κ1) is 22.1. The van der Waals surface area contributed by atoms with Crippen molar-refractivity contribution in [2.45, 2.75) is 37.5 Å². The van der Waals surface area contributed by atoms with Crippen molar-refractivity contribution in [2.75, 3.05) is 38.6 Å². The van der Waals surface area contributed by atoms with E-state index in [4.69, 9.17) is 17.0 Å². The van der Waals surface area contributed by atoms with Crippen LogP contribution in [0.15, 0.2) is 48.5 Å². The van der Waals surface area contributed by atoms with Crippen LogP contribution in [0.3, 0.4) is 0 Å². The number of halogens is 1. The summed E-state index contributed by atoms with van der Waals surface area (Å²) in [6.45, 7) is 3.30. The highest BCUT2D eigenvalue weighted by atomic mass is 32.1. The molecule has 1 amide bonds. The highest BCUT2D eigenvalue weighted by Gasteiger charge is 2.55. The van der Waals surface area contributed by atoms with Crippen LogP contribution in [0, 0.1) is 11.2 Å². The van der Waals surface area contributed by atoms with Gasteiger partial charge >= 0.3 is 0 Å². The van der Waals surface area contributed by atoms with E-state index in [2.05, 4.69) is 15.1 Å². The quantitative estimate of drug-likeness (QED) is 0.667. The Labute approximate surface area is 199 Å². The Morgan fingerprint density at radius 3 is 2.21 bits per heavy atom. The van der Waals surface area contributed by atoms with Crippen molar-refractivity contribution in [3.63, 3.8) is 0 Å². The third-order valence-electron chi connectivity index (χ3n) is 7.75. The summed E-state index contributed by atoms with van der Waals surface area (Å²) in [7, 11) is 1.66. The number of benzene rings is 2. The molecule has 5 nitrogen and oxygen atoms in total. The van der Waals surface area contributed by atoms with Crippen molar-refractivity contribution in [2.24, 2.45) is 5.41 Å². The summed E-state index contributed by atoms with van der Waals surface area (Å²) in [5, 5.41) is 3.62. The first-order valence-corrected chi connectivity index (χ1v) is 12.1. The number of carbonyl (C=O) groups excluding carboxylic acids is 1. The van der Waals surface area contributed by atoms with E-state index in [0.717, 1.165) is 69.6 Å². The van der Waals surface area contributed by atoms with Gasteiger partial charge in [0.2, 0.25) is 5.91 Å². The minimum Gasteiger partial charge on any atom is -0.497 e. The molecule has 7 heteroatoms. The molecule has 0 unspecified atom stereocenters. The molecule has 2 aromatic rings. The van der Waals surface area contributed by atoms with Crippen LogP contribution in [0.2, 0.25) is 0 Å². The molecule has 1 spiro atoms. The number of nitrogens with zero attached hydrogens (tertiary/aromatic N) is 2. The Morgan fingerprint density at radius 2 is 1.61 bits per heavy atom. The van der Waals surface area contributed by atoms with E-state index >= 15 is 0 Å². The molecule has 1 N–H and O–H groups in total. The fourth-order valence-electron chi connectivity index (χ4n) is 5.42. The van der Waals surface area contributed by atoms with E-state index in [0.29, 0.717) is 10.8 Å². The van der Waals surface area contributed by atoms with E-state index in [-0.39, 0.29) is 22.6 Å². The number of piperidine rings is 1. The van der Waals surface area contributed by atoms with Crippen LogP contribution in [0.5, 0.6) is 5.75 Å². The number of hydrogen-bond acceptors (Lipinski definition) is 3. The Bertz CT molecular complexity index is 1050. The van der Waals surface area contributed by atoms with Gasteiger partial charge in [-0.25, -0.2) is 4.39 Å². The first-order chi connectivity index (χ1) is 15.9. The molecule has 0 atom stereocenters. The number of ether oxygens (including phenoxy) is 1. The molecule has 2 heterocycles. The molecule has 3 fully saturated rings. The molecule has 1 aliphatic carbocycles. The topological polar surface area (TPSA) is 44.8 Å². The zero-order valence-corrected chi connectivity index (χ0v) is 19.8. The molecular formula is C26H30FN3O2S. The number of anilines is 1. The maximum absolute atomic E-state index is 14.0. The van der Waals surface area contributed by atoms with Gasteiger partial charge in [0.1, 0.15) is 11.6 Å². The van der Waals surface area contributed by atoms with Crippen molar-refractivity contribution in [1.82, 2.24) is 9.80 Å². The minimum atomic E-state index is -0.344. The number of thiocarbonyl (C=S) groups is 1. The lowest BCUT2D eigenvalue weighted by molar-refractivity contribution is -0.133. The minimum absolute atomic E-state index is 0.162. The Balaban J connectivity index is 1.19. The van der Waals surface area contributed by atoms with Gasteiger partial charge in [-0.1, -0.05) is 24.3 Å². The SMILES string of the molecule is COc1ccc(C2(C(=O)N3CCC4(CCN(C(=S)Nc5ccccc5F)CC4)C3)CC2)cc1. The number of carbonyl (C=O) groups is 1. The smallest absolute Gasteiger partial charge is 0.233 e. The number of likely N-dealkylation sites (tertiary alicyclic amines) is 2. The van der Waals surface area contributed by atoms with Gasteiger partial charge in [-0.05, 0) is 79.6 Å². The summed E-state index contributed by atoms with van der Waals surface area (Å²) in [6.07, 6.45) is 4.87. The second-order valence-corrected chi connectivity index (χ2v) is 10.1. The molecule has 0 radical (unpaired) electrons. The van der Waals surface area contributed by atoms with Crippen LogP contribution < -0.4 is 10.1 Å². The maximum atomic E-state index is 14.0. The second kappa shape index (κ2) is 8.60. The van der Waals surface area contributed by atoms with Gasteiger partial charge in [0.25, 0.3) is 0 Å². The normalized spacial score (nSPS) is 20.5. The standard InChI is InChI=1S/C26H30FN3O2S/c1-32-20-8-6-19(7-9-20)26(10-11-26)23(31)30-17-14-25(18-30)12-15-29(16-13-25)24(33)28-22-5-3-2-4-21(22)27/h2-9H,10-18H2,1H3,(H,28,33). The molecular weight excluding hydrogens is 437 g/mol. The third kappa shape index (κ3) is 4.19. The van der Waals surface area contributed by atoms with E-state index < -0.39 is 0 Å². The fraction of sp³-hybridized carbons (Fsp3) is 0.462. The van der Waals surface area contributed by atoms with E-state index in [1.165, 1.54) is 6.07 Å². The van der Waals surface area contributed by atoms with Crippen molar-refractivity contribution < 1.29 is 13.9 Å². The first-order valence-electron chi connectivity index (χ1n) is 11.7. The number of para-hydroxylation sites is 1. The van der Waals surface area contributed by atoms with Gasteiger partial charge in [0, 0.05) is 26.2 Å². The van der Waals surface area contributed by atoms with Gasteiger partial charge in [0.15, 0.2) is 5.11 Å². The molecule has 2 aromatic carbocycles. The molecule has 33 heavy (non-hydrogen) atoms. The van der Waals surface area contributed by atoms with E-state index in [1.807, 2.05) is 24.3 Å². The molecule has 174 valence electrons. The Kier molecular flexibility index (Phi) is 5.77. The lowest BCUT2D eigenvalue weighted by atomic mass is 9.78. The van der Waals surface area contributed by atoms with E-state index in [1.54, 1.807) is 25.3 Å². The lowest BCUT2D eigenvalue weighted by Gasteiger charge is -2.40. The summed E-state index contributed by atoms with van der Waals surface area (Å²) in [5.41, 5.74) is 1.33. The van der Waals surface area contributed by atoms with Gasteiger partial charge in [-0.3, -0.25) is 4.79 Å². The number of methoxy groups -OCH3 is 1. The van der Waals surface area contributed by atoms with Crippen LogP contribution >= 0.6 is 12.2 Å². The maximum Gasteiger partial charge on any atom is 0.233 e. The molecule has 2 aliphatic heterocycles. The molecule has 0 bridgehead atoms.